The van der Waals surface area contributed by atoms with E-state index in [0.717, 1.165) is 23.4 Å². The molecule has 0 radical (unpaired) electrons. The van der Waals surface area contributed by atoms with Gasteiger partial charge in [-0.3, -0.25) is 14.5 Å². The number of ether oxygens (including phenoxy) is 2. The van der Waals surface area contributed by atoms with Crippen LogP contribution in [0.4, 0.5) is 4.39 Å². The second-order valence-corrected chi connectivity index (χ2v) is 10.4. The summed E-state index contributed by atoms with van der Waals surface area (Å²) in [5.74, 6) is -0.637. The molecule has 0 fully saturated rings. The number of nitrogens with one attached hydrogen (secondary N) is 1. The molecule has 0 amide bonds. The molecular weight excluding hydrogens is 521 g/mol. The third kappa shape index (κ3) is 5.49. The van der Waals surface area contributed by atoms with Crippen LogP contribution in [-0.2, 0) is 38.4 Å². The number of amidine groups is 1. The van der Waals surface area contributed by atoms with Crippen molar-refractivity contribution < 1.29 is 23.5 Å². The summed E-state index contributed by atoms with van der Waals surface area (Å²) in [4.78, 5) is 34.4. The number of halogens is 1. The molecule has 1 N–H and O–H groups in total. The number of aromatic nitrogens is 3. The number of carbonyl (C=O) groups excluding carboxylic acids is 2. The third-order valence-electron chi connectivity index (χ3n) is 7.11. The number of esters is 2. The topological polar surface area (TPSA) is 108 Å². The molecule has 5 rings (SSSR count). The van der Waals surface area contributed by atoms with E-state index in [9.17, 15) is 14.0 Å². The zero-order valence-corrected chi connectivity index (χ0v) is 22.9. The van der Waals surface area contributed by atoms with E-state index in [0.29, 0.717) is 46.9 Å². The van der Waals surface area contributed by atoms with E-state index in [1.54, 1.807) is 36.9 Å². The molecule has 1 aliphatic carbocycles. The maximum absolute atomic E-state index is 14.7. The van der Waals surface area contributed by atoms with Gasteiger partial charge in [-0.15, -0.1) is 11.3 Å². The number of thiazole rings is 1. The van der Waals surface area contributed by atoms with Crippen molar-refractivity contribution >= 4 is 29.1 Å². The van der Waals surface area contributed by atoms with Crippen molar-refractivity contribution in [2.75, 3.05) is 13.7 Å². The lowest BCUT2D eigenvalue weighted by Crippen LogP contribution is -2.38. The van der Waals surface area contributed by atoms with E-state index in [4.69, 9.17) is 14.5 Å². The minimum atomic E-state index is -0.751. The van der Waals surface area contributed by atoms with E-state index in [2.05, 4.69) is 15.4 Å². The maximum Gasteiger partial charge on any atom is 0.338 e. The van der Waals surface area contributed by atoms with Crippen LogP contribution in [0.25, 0.3) is 0 Å². The van der Waals surface area contributed by atoms with Gasteiger partial charge in [0.15, 0.2) is 10.8 Å². The third-order valence-corrected chi connectivity index (χ3v) is 7.89. The summed E-state index contributed by atoms with van der Waals surface area (Å²) in [6.45, 7) is 4.09. The lowest BCUT2D eigenvalue weighted by Gasteiger charge is -2.33. The molecule has 2 aromatic heterocycles. The van der Waals surface area contributed by atoms with Gasteiger partial charge in [0.2, 0.25) is 0 Å². The van der Waals surface area contributed by atoms with Gasteiger partial charge in [-0.1, -0.05) is 12.1 Å². The molecule has 1 aliphatic heterocycles. The summed E-state index contributed by atoms with van der Waals surface area (Å²) >= 11 is 1.44. The molecule has 0 saturated carbocycles. The first-order chi connectivity index (χ1) is 18.9. The van der Waals surface area contributed by atoms with Crippen LogP contribution in [0.1, 0.15) is 53.2 Å². The molecule has 3 heterocycles. The zero-order valence-electron chi connectivity index (χ0n) is 22.1. The molecule has 1 aromatic carbocycles. The molecule has 3 aromatic rings. The highest BCUT2D eigenvalue weighted by Crippen LogP contribution is 2.40. The Labute approximate surface area is 229 Å². The van der Waals surface area contributed by atoms with Gasteiger partial charge in [-0.2, -0.15) is 5.10 Å². The highest BCUT2D eigenvalue weighted by Gasteiger charge is 2.38. The second kappa shape index (κ2) is 11.5. The number of aliphatic imine (C=N–C) groups is 1. The summed E-state index contributed by atoms with van der Waals surface area (Å²) < 4.78 is 26.7. The van der Waals surface area contributed by atoms with Crippen LogP contribution in [0.3, 0.4) is 0 Å². The molecule has 11 heteroatoms. The Morgan fingerprint density at radius 3 is 2.90 bits per heavy atom. The molecule has 204 valence electrons. The number of rotatable bonds is 8. The summed E-state index contributed by atoms with van der Waals surface area (Å²) in [5.41, 5.74) is 4.19. The summed E-state index contributed by atoms with van der Waals surface area (Å²) in [6, 6.07) is 4.09. The van der Waals surface area contributed by atoms with Crippen molar-refractivity contribution in [2.24, 2.45) is 10.9 Å². The Hall–Kier alpha value is -3.86. The standard InChI is InChI=1S/C28H30FN5O4S/c1-4-38-28(36)23-24(17-8-9-21-18(14-17)15-34(33-21)12-10-22(35)37-3)31-26(27-30-11-13-39-27)32-25(23)19-6-5-7-20(29)16(19)2/h5-7,11,13,15,17,25H,4,8-10,12,14H2,1-3H3,(H,31,32). The largest absolute Gasteiger partial charge is 0.469 e. The van der Waals surface area contributed by atoms with E-state index >= 15 is 0 Å². The zero-order chi connectivity index (χ0) is 27.5. The molecule has 0 saturated heterocycles. The highest BCUT2D eigenvalue weighted by molar-refractivity contribution is 7.11. The van der Waals surface area contributed by atoms with Crippen molar-refractivity contribution in [2.45, 2.75) is 52.1 Å². The number of carbonyl (C=O) groups is 2. The fraction of sp³-hybridized carbons (Fsp3) is 0.393. The minimum Gasteiger partial charge on any atom is -0.469 e. The average Bonchev–Trinajstić information content (AvgIpc) is 3.62. The lowest BCUT2D eigenvalue weighted by atomic mass is 9.81. The van der Waals surface area contributed by atoms with Crippen molar-refractivity contribution in [3.63, 3.8) is 0 Å². The number of benzene rings is 1. The first-order valence-electron chi connectivity index (χ1n) is 12.9. The predicted molar refractivity (Wildman–Crippen MR) is 144 cm³/mol. The minimum absolute atomic E-state index is 0.0583. The molecule has 2 atom stereocenters. The van der Waals surface area contributed by atoms with Crippen molar-refractivity contribution in [3.8, 4) is 0 Å². The normalized spacial score (nSPS) is 18.7. The van der Waals surface area contributed by atoms with Gasteiger partial charge in [-0.05, 0) is 55.9 Å². The number of aryl methyl sites for hydroxylation is 2. The molecule has 39 heavy (non-hydrogen) atoms. The Morgan fingerprint density at radius 2 is 2.15 bits per heavy atom. The SMILES string of the molecule is CCOC(=O)C1=C(C2CCc3nn(CCC(=O)OC)cc3C2)NC(c2nccs2)=NC1c1cccc(F)c1C. The van der Waals surface area contributed by atoms with Crippen LogP contribution in [0.5, 0.6) is 0 Å². The van der Waals surface area contributed by atoms with Crippen LogP contribution in [-0.4, -0.2) is 46.3 Å². The van der Waals surface area contributed by atoms with E-state index < -0.39 is 12.0 Å². The van der Waals surface area contributed by atoms with Gasteiger partial charge in [-0.25, -0.2) is 14.2 Å². The quantitative estimate of drug-likeness (QED) is 0.421. The van der Waals surface area contributed by atoms with E-state index in [1.807, 2.05) is 11.6 Å². The Bertz CT molecular complexity index is 1450. The van der Waals surface area contributed by atoms with Crippen molar-refractivity contribution in [1.82, 2.24) is 20.1 Å². The smallest absolute Gasteiger partial charge is 0.338 e. The van der Waals surface area contributed by atoms with Gasteiger partial charge in [0.1, 0.15) is 11.9 Å². The van der Waals surface area contributed by atoms with Crippen LogP contribution < -0.4 is 5.32 Å². The number of methoxy groups -OCH3 is 1. The maximum atomic E-state index is 14.7. The predicted octanol–water partition coefficient (Wildman–Crippen LogP) is 4.06. The molecule has 2 unspecified atom stereocenters. The average molecular weight is 552 g/mol. The van der Waals surface area contributed by atoms with Crippen molar-refractivity contribution in [3.05, 3.63) is 80.5 Å². The molecule has 2 aliphatic rings. The Morgan fingerprint density at radius 1 is 1.31 bits per heavy atom. The van der Waals surface area contributed by atoms with Gasteiger partial charge in [0.25, 0.3) is 0 Å². The molecule has 0 bridgehead atoms. The highest BCUT2D eigenvalue weighted by atomic mass is 32.1. The Kier molecular flexibility index (Phi) is 7.87. The number of allylic oxidation sites excluding steroid dienone is 1. The first kappa shape index (κ1) is 26.7. The molecular formula is C28H30FN5O4S. The Balaban J connectivity index is 1.56. The van der Waals surface area contributed by atoms with E-state index in [-0.39, 0.29) is 30.7 Å². The van der Waals surface area contributed by atoms with Crippen LogP contribution >= 0.6 is 11.3 Å². The fourth-order valence-corrected chi connectivity index (χ4v) is 5.73. The molecule has 9 nitrogen and oxygen atoms in total. The monoisotopic (exact) mass is 551 g/mol. The van der Waals surface area contributed by atoms with Crippen LogP contribution in [0.15, 0.2) is 52.2 Å². The summed E-state index contributed by atoms with van der Waals surface area (Å²) in [6.07, 6.45) is 5.99. The fourth-order valence-electron chi connectivity index (χ4n) is 5.15. The number of nitrogens with zero attached hydrogens (tertiary/aromatic N) is 4. The lowest BCUT2D eigenvalue weighted by molar-refractivity contribution is -0.141. The first-order valence-corrected chi connectivity index (χ1v) is 13.8. The van der Waals surface area contributed by atoms with Gasteiger partial charge < -0.3 is 14.8 Å². The number of fused-ring (bicyclic) bond motifs is 1. The van der Waals surface area contributed by atoms with Crippen LogP contribution in [0, 0.1) is 18.7 Å². The number of hydrogen-bond acceptors (Lipinski definition) is 9. The van der Waals surface area contributed by atoms with Gasteiger partial charge in [0, 0.05) is 29.4 Å². The van der Waals surface area contributed by atoms with Crippen molar-refractivity contribution in [1.29, 1.82) is 0 Å². The summed E-state index contributed by atoms with van der Waals surface area (Å²) in [7, 11) is 1.37. The summed E-state index contributed by atoms with van der Waals surface area (Å²) in [5, 5.41) is 10.6. The van der Waals surface area contributed by atoms with Gasteiger partial charge in [0.05, 0.1) is 37.9 Å². The molecule has 0 spiro atoms. The second-order valence-electron chi connectivity index (χ2n) is 9.47. The van der Waals surface area contributed by atoms with E-state index in [1.165, 1.54) is 24.5 Å². The van der Waals surface area contributed by atoms with Gasteiger partial charge >= 0.3 is 11.9 Å². The van der Waals surface area contributed by atoms with Crippen LogP contribution in [0.2, 0.25) is 0 Å². The number of hydrogen-bond donors (Lipinski definition) is 1.